The van der Waals surface area contributed by atoms with Crippen LogP contribution in [0.5, 0.6) is 0 Å². The van der Waals surface area contributed by atoms with Crippen molar-refractivity contribution < 1.29 is 22.8 Å². The lowest BCUT2D eigenvalue weighted by Gasteiger charge is -2.14. The Kier molecular flexibility index (Phi) is 5.23. The topological polar surface area (TPSA) is 37.4 Å². The molecule has 0 N–H and O–H groups in total. The van der Waals surface area contributed by atoms with E-state index in [2.05, 4.69) is 0 Å². The molecule has 27 heavy (non-hydrogen) atoms. The molecule has 1 aliphatic rings. The van der Waals surface area contributed by atoms with E-state index in [-0.39, 0.29) is 10.6 Å². The average Bonchev–Trinajstić information content (AvgIpc) is 2.88. The van der Waals surface area contributed by atoms with E-state index in [0.29, 0.717) is 11.8 Å². The van der Waals surface area contributed by atoms with Gasteiger partial charge in [-0.05, 0) is 54.1 Å². The summed E-state index contributed by atoms with van der Waals surface area (Å²) in [5, 5.41) is -0.627. The van der Waals surface area contributed by atoms with Gasteiger partial charge in [-0.15, -0.1) is 0 Å². The number of anilines is 1. The van der Waals surface area contributed by atoms with Crippen molar-refractivity contribution in [3.63, 3.8) is 0 Å². The smallest absolute Gasteiger partial charge is 0.268 e. The van der Waals surface area contributed by atoms with Crippen LogP contribution in [0.15, 0.2) is 71.2 Å². The fourth-order valence-electron chi connectivity index (χ4n) is 2.57. The van der Waals surface area contributed by atoms with Gasteiger partial charge in [0.15, 0.2) is 0 Å². The van der Waals surface area contributed by atoms with Gasteiger partial charge in [0.2, 0.25) is 0 Å². The van der Waals surface area contributed by atoms with Crippen LogP contribution < -0.4 is 4.90 Å². The second-order valence-corrected chi connectivity index (χ2v) is 6.86. The molecule has 3 rings (SSSR count). The van der Waals surface area contributed by atoms with Crippen molar-refractivity contribution in [3.8, 4) is 0 Å². The number of hydrogen-bond donors (Lipinski definition) is 0. The molecule has 2 aromatic carbocycles. The van der Waals surface area contributed by atoms with Crippen molar-refractivity contribution in [2.75, 3.05) is 4.90 Å². The molecule has 0 atom stereocenters. The van der Waals surface area contributed by atoms with Crippen LogP contribution >= 0.6 is 11.8 Å². The van der Waals surface area contributed by atoms with E-state index in [1.165, 1.54) is 12.1 Å². The van der Waals surface area contributed by atoms with Gasteiger partial charge in [-0.2, -0.15) is 13.2 Å². The van der Waals surface area contributed by atoms with Crippen LogP contribution in [0.25, 0.3) is 6.08 Å². The standard InChI is InChI=1S/C20H14F3NO2S/c1-13(10-14-6-3-2-4-7-14)11-17-18(25)24(19(26)27-17)16-9-5-8-15(12-16)20(21,22)23/h2-12H,1H3/b13-10+,17-11-. The minimum absolute atomic E-state index is 0.0968. The third kappa shape index (κ3) is 4.31. The zero-order valence-corrected chi connectivity index (χ0v) is 15.0. The largest absolute Gasteiger partial charge is 0.416 e. The number of imide groups is 1. The van der Waals surface area contributed by atoms with E-state index in [4.69, 9.17) is 0 Å². The van der Waals surface area contributed by atoms with E-state index in [1.807, 2.05) is 36.4 Å². The molecule has 0 unspecified atom stereocenters. The molecule has 0 saturated carbocycles. The summed E-state index contributed by atoms with van der Waals surface area (Å²) in [6, 6.07) is 13.6. The Morgan fingerprint density at radius 1 is 1.04 bits per heavy atom. The molecule has 2 aromatic rings. The normalized spacial score (nSPS) is 17.1. The van der Waals surface area contributed by atoms with Gasteiger partial charge in [-0.1, -0.05) is 42.5 Å². The van der Waals surface area contributed by atoms with Crippen molar-refractivity contribution in [1.29, 1.82) is 0 Å². The molecular formula is C20H14F3NO2S. The maximum atomic E-state index is 12.9. The number of alkyl halides is 3. The van der Waals surface area contributed by atoms with Crippen LogP contribution in [0.2, 0.25) is 0 Å². The first-order valence-electron chi connectivity index (χ1n) is 7.94. The number of allylic oxidation sites excluding steroid dienone is 2. The molecule has 1 aliphatic heterocycles. The van der Waals surface area contributed by atoms with Crippen LogP contribution in [0.1, 0.15) is 18.1 Å². The number of hydrogen-bond acceptors (Lipinski definition) is 3. The third-order valence-electron chi connectivity index (χ3n) is 3.78. The highest BCUT2D eigenvalue weighted by Gasteiger charge is 2.38. The molecular weight excluding hydrogens is 375 g/mol. The molecule has 1 saturated heterocycles. The van der Waals surface area contributed by atoms with Crippen molar-refractivity contribution in [2.45, 2.75) is 13.1 Å². The first-order valence-corrected chi connectivity index (χ1v) is 8.76. The molecule has 0 radical (unpaired) electrons. The molecule has 3 nitrogen and oxygen atoms in total. The average molecular weight is 389 g/mol. The maximum absolute atomic E-state index is 12.9. The summed E-state index contributed by atoms with van der Waals surface area (Å²) in [5.41, 5.74) is 0.669. The van der Waals surface area contributed by atoms with Crippen molar-refractivity contribution in [2.24, 2.45) is 0 Å². The maximum Gasteiger partial charge on any atom is 0.416 e. The number of thioether (sulfide) groups is 1. The number of carbonyl (C=O) groups is 2. The van der Waals surface area contributed by atoms with Gasteiger partial charge >= 0.3 is 6.18 Å². The number of amides is 2. The molecule has 1 heterocycles. The Morgan fingerprint density at radius 2 is 1.74 bits per heavy atom. The van der Waals surface area contributed by atoms with E-state index in [1.54, 1.807) is 13.0 Å². The fourth-order valence-corrected chi connectivity index (χ4v) is 3.46. The van der Waals surface area contributed by atoms with Crippen LogP contribution in [-0.2, 0) is 11.0 Å². The van der Waals surface area contributed by atoms with E-state index in [9.17, 15) is 22.8 Å². The number of benzene rings is 2. The first-order chi connectivity index (χ1) is 12.8. The zero-order valence-electron chi connectivity index (χ0n) is 14.2. The Balaban J connectivity index is 1.88. The fraction of sp³-hybridized carbons (Fsp3) is 0.100. The lowest BCUT2D eigenvalue weighted by Crippen LogP contribution is -2.28. The Labute approximate surface area is 158 Å². The highest BCUT2D eigenvalue weighted by Crippen LogP contribution is 2.37. The van der Waals surface area contributed by atoms with Crippen LogP contribution in [0.3, 0.4) is 0 Å². The molecule has 1 fully saturated rings. The van der Waals surface area contributed by atoms with Gasteiger partial charge in [0.1, 0.15) is 0 Å². The summed E-state index contributed by atoms with van der Waals surface area (Å²) in [6.07, 6.45) is -1.15. The predicted molar refractivity (Wildman–Crippen MR) is 100 cm³/mol. The van der Waals surface area contributed by atoms with Gasteiger partial charge in [-0.3, -0.25) is 9.59 Å². The summed E-state index contributed by atoms with van der Waals surface area (Å²) >= 11 is 0.705. The van der Waals surface area contributed by atoms with Gasteiger partial charge in [-0.25, -0.2) is 4.90 Å². The minimum atomic E-state index is -4.55. The van der Waals surface area contributed by atoms with E-state index < -0.39 is 22.9 Å². The second kappa shape index (κ2) is 7.44. The van der Waals surface area contributed by atoms with Crippen LogP contribution in [0, 0.1) is 0 Å². The summed E-state index contributed by atoms with van der Waals surface area (Å²) in [7, 11) is 0. The lowest BCUT2D eigenvalue weighted by atomic mass is 10.1. The Hall–Kier alpha value is -2.80. The predicted octanol–water partition coefficient (Wildman–Crippen LogP) is 5.89. The van der Waals surface area contributed by atoms with Crippen molar-refractivity contribution >= 4 is 34.7 Å². The molecule has 7 heteroatoms. The van der Waals surface area contributed by atoms with Gasteiger partial charge in [0, 0.05) is 0 Å². The van der Waals surface area contributed by atoms with E-state index >= 15 is 0 Å². The second-order valence-electron chi connectivity index (χ2n) is 5.86. The number of carbonyl (C=O) groups excluding carboxylic acids is 2. The molecule has 0 spiro atoms. The molecule has 0 bridgehead atoms. The quantitative estimate of drug-likeness (QED) is 0.614. The van der Waals surface area contributed by atoms with Crippen molar-refractivity contribution in [1.82, 2.24) is 0 Å². The molecule has 0 aromatic heterocycles. The lowest BCUT2D eigenvalue weighted by molar-refractivity contribution is -0.137. The number of rotatable bonds is 3. The Morgan fingerprint density at radius 3 is 2.41 bits per heavy atom. The van der Waals surface area contributed by atoms with Crippen molar-refractivity contribution in [3.05, 3.63) is 82.3 Å². The van der Waals surface area contributed by atoms with E-state index in [0.717, 1.165) is 28.2 Å². The van der Waals surface area contributed by atoms with Crippen LogP contribution in [-0.4, -0.2) is 11.1 Å². The summed E-state index contributed by atoms with van der Waals surface area (Å²) in [6.45, 7) is 1.78. The zero-order chi connectivity index (χ0) is 19.6. The first kappa shape index (κ1) is 19.0. The van der Waals surface area contributed by atoms with Crippen LogP contribution in [0.4, 0.5) is 23.7 Å². The Bertz CT molecular complexity index is 949. The highest BCUT2D eigenvalue weighted by atomic mass is 32.2. The summed E-state index contributed by atoms with van der Waals surface area (Å²) in [5.74, 6) is -0.634. The molecule has 138 valence electrons. The highest BCUT2D eigenvalue weighted by molar-refractivity contribution is 8.18. The monoisotopic (exact) mass is 389 g/mol. The molecule has 0 aliphatic carbocycles. The summed E-state index contributed by atoms with van der Waals surface area (Å²) in [4.78, 5) is 25.7. The van der Waals surface area contributed by atoms with Gasteiger partial charge in [0.25, 0.3) is 11.1 Å². The van der Waals surface area contributed by atoms with Gasteiger partial charge in [0.05, 0.1) is 16.2 Å². The summed E-state index contributed by atoms with van der Waals surface area (Å²) < 4.78 is 38.7. The minimum Gasteiger partial charge on any atom is -0.268 e. The molecule has 2 amide bonds. The number of halogens is 3. The third-order valence-corrected chi connectivity index (χ3v) is 4.65. The number of nitrogens with zero attached hydrogens (tertiary/aromatic N) is 1. The van der Waals surface area contributed by atoms with Gasteiger partial charge < -0.3 is 0 Å². The SMILES string of the molecule is CC(/C=C1\SC(=O)N(c2cccc(C(F)(F)F)c2)C1=O)=C\c1ccccc1.